The number of fused-ring (bicyclic) bond motifs is 11. The number of para-hydroxylation sites is 1. The van der Waals surface area contributed by atoms with Crippen LogP contribution in [0, 0.1) is 0 Å². The molecule has 2 aromatic heterocycles. The van der Waals surface area contributed by atoms with Gasteiger partial charge in [0.1, 0.15) is 11.3 Å². The zero-order valence-electron chi connectivity index (χ0n) is 28.8. The molecular formula is C50H32N2O. The van der Waals surface area contributed by atoms with Gasteiger partial charge < -0.3 is 4.42 Å². The molecule has 248 valence electrons. The van der Waals surface area contributed by atoms with Crippen LogP contribution in [0.15, 0.2) is 180 Å². The first-order valence-corrected chi connectivity index (χ1v) is 18.3. The summed E-state index contributed by atoms with van der Waals surface area (Å²) in [6, 6.07) is 62.5. The second-order valence-corrected chi connectivity index (χ2v) is 14.0. The van der Waals surface area contributed by atoms with E-state index in [2.05, 4.69) is 176 Å². The lowest BCUT2D eigenvalue weighted by atomic mass is 9.78. The molecule has 0 saturated heterocycles. The fourth-order valence-electron chi connectivity index (χ4n) is 8.53. The molecule has 2 heterocycles. The first-order valence-electron chi connectivity index (χ1n) is 18.3. The normalized spacial score (nSPS) is 13.8. The van der Waals surface area contributed by atoms with Crippen molar-refractivity contribution < 1.29 is 4.42 Å². The summed E-state index contributed by atoms with van der Waals surface area (Å²) in [5, 5.41) is 5.74. The smallest absolute Gasteiger partial charge is 0.134 e. The maximum Gasteiger partial charge on any atom is 0.134 e. The molecule has 1 aliphatic rings. The molecule has 0 N–H and O–H groups in total. The first-order chi connectivity index (χ1) is 26.3. The summed E-state index contributed by atoms with van der Waals surface area (Å²) in [4.78, 5) is 11.2. The molecule has 1 atom stereocenters. The first kappa shape index (κ1) is 29.8. The van der Waals surface area contributed by atoms with E-state index in [9.17, 15) is 0 Å². The van der Waals surface area contributed by atoms with Crippen LogP contribution >= 0.6 is 0 Å². The Balaban J connectivity index is 1.14. The van der Waals surface area contributed by atoms with Gasteiger partial charge >= 0.3 is 0 Å². The SMILES string of the molecule is c1ccc(-c2ccc(-c3nc4c5ccccc5c5ccccc5c4nc3-c3cccc(C4Cc5ccccc5-c5c4oc4ccccc54)c3)cc2)cc1. The van der Waals surface area contributed by atoms with E-state index in [1.807, 2.05) is 0 Å². The molecule has 11 rings (SSSR count). The standard InChI is InChI=1S/C50H32N2O/c1-2-13-31(14-3-1)32-25-27-33(28-26-32)46-47(52-49-41-22-9-7-20-39(41)38-19-6-8-21-40(38)48(49)51-46)36-17-12-16-34(29-36)43-30-35-15-4-5-18-37(35)45-42-23-10-11-24-44(42)53-50(43)45/h1-29,43H,30H2. The van der Waals surface area contributed by atoms with Crippen molar-refractivity contribution in [1.29, 1.82) is 0 Å². The second kappa shape index (κ2) is 11.9. The molecule has 10 aromatic rings. The highest BCUT2D eigenvalue weighted by atomic mass is 16.3. The summed E-state index contributed by atoms with van der Waals surface area (Å²) in [7, 11) is 0. The number of furan rings is 1. The van der Waals surface area contributed by atoms with Crippen LogP contribution in [-0.2, 0) is 6.42 Å². The third-order valence-corrected chi connectivity index (χ3v) is 11.0. The minimum atomic E-state index is 0.0547. The van der Waals surface area contributed by atoms with Crippen molar-refractivity contribution in [2.75, 3.05) is 0 Å². The van der Waals surface area contributed by atoms with E-state index >= 15 is 0 Å². The Hall–Kier alpha value is -6.84. The van der Waals surface area contributed by atoms with E-state index < -0.39 is 0 Å². The van der Waals surface area contributed by atoms with Crippen molar-refractivity contribution >= 4 is 43.5 Å². The number of aromatic nitrogens is 2. The van der Waals surface area contributed by atoms with Crippen molar-refractivity contribution in [3.63, 3.8) is 0 Å². The summed E-state index contributed by atoms with van der Waals surface area (Å²) in [6.45, 7) is 0. The van der Waals surface area contributed by atoms with Gasteiger partial charge in [-0.05, 0) is 57.1 Å². The third-order valence-electron chi connectivity index (χ3n) is 11.0. The maximum absolute atomic E-state index is 6.72. The number of rotatable bonds is 4. The van der Waals surface area contributed by atoms with E-state index in [1.54, 1.807) is 0 Å². The minimum Gasteiger partial charge on any atom is -0.460 e. The Morgan fingerprint density at radius 2 is 0.981 bits per heavy atom. The quantitative estimate of drug-likeness (QED) is 0.174. The second-order valence-electron chi connectivity index (χ2n) is 14.0. The van der Waals surface area contributed by atoms with E-state index in [0.717, 1.165) is 67.5 Å². The molecule has 0 aliphatic heterocycles. The molecule has 8 aromatic carbocycles. The predicted molar refractivity (Wildman–Crippen MR) is 218 cm³/mol. The molecule has 1 aliphatic carbocycles. The predicted octanol–water partition coefficient (Wildman–Crippen LogP) is 13.0. The zero-order chi connectivity index (χ0) is 34.9. The van der Waals surface area contributed by atoms with Gasteiger partial charge in [0.2, 0.25) is 0 Å². The molecule has 0 saturated carbocycles. The lowest BCUT2D eigenvalue weighted by Crippen LogP contribution is -2.11. The van der Waals surface area contributed by atoms with Crippen LogP contribution in [0.3, 0.4) is 0 Å². The van der Waals surface area contributed by atoms with Gasteiger partial charge in [-0.15, -0.1) is 0 Å². The highest BCUT2D eigenvalue weighted by Gasteiger charge is 2.32. The average molecular weight is 677 g/mol. The lowest BCUT2D eigenvalue weighted by Gasteiger charge is -2.25. The van der Waals surface area contributed by atoms with Crippen LogP contribution in [0.2, 0.25) is 0 Å². The highest BCUT2D eigenvalue weighted by molar-refractivity contribution is 6.23. The van der Waals surface area contributed by atoms with E-state index in [-0.39, 0.29) is 5.92 Å². The van der Waals surface area contributed by atoms with E-state index in [0.29, 0.717) is 0 Å². The van der Waals surface area contributed by atoms with Crippen molar-refractivity contribution in [3.05, 3.63) is 193 Å². The molecule has 0 amide bonds. The summed E-state index contributed by atoms with van der Waals surface area (Å²) in [5.41, 5.74) is 13.9. The van der Waals surface area contributed by atoms with Gasteiger partial charge in [0.05, 0.1) is 22.4 Å². The molecule has 3 nitrogen and oxygen atoms in total. The minimum absolute atomic E-state index is 0.0547. The van der Waals surface area contributed by atoms with Crippen LogP contribution in [0.25, 0.3) is 88.3 Å². The molecule has 0 radical (unpaired) electrons. The van der Waals surface area contributed by atoms with E-state index in [4.69, 9.17) is 14.4 Å². The average Bonchev–Trinajstić information content (AvgIpc) is 3.64. The third kappa shape index (κ3) is 4.74. The Kier molecular flexibility index (Phi) is 6.68. The van der Waals surface area contributed by atoms with Gasteiger partial charge in [0, 0.05) is 38.8 Å². The summed E-state index contributed by atoms with van der Waals surface area (Å²) in [6.07, 6.45) is 0.861. The summed E-state index contributed by atoms with van der Waals surface area (Å²) in [5.74, 6) is 1.08. The van der Waals surface area contributed by atoms with Crippen molar-refractivity contribution in [2.24, 2.45) is 0 Å². The molecular weight excluding hydrogens is 645 g/mol. The van der Waals surface area contributed by atoms with E-state index in [1.165, 1.54) is 44.2 Å². The number of hydrogen-bond donors (Lipinski definition) is 0. The molecule has 0 bridgehead atoms. The molecule has 3 heteroatoms. The van der Waals surface area contributed by atoms with Gasteiger partial charge in [-0.2, -0.15) is 0 Å². The molecule has 53 heavy (non-hydrogen) atoms. The fourth-order valence-corrected chi connectivity index (χ4v) is 8.53. The summed E-state index contributed by atoms with van der Waals surface area (Å²) < 4.78 is 6.72. The molecule has 1 unspecified atom stereocenters. The fraction of sp³-hybridized carbons (Fsp3) is 0.0400. The van der Waals surface area contributed by atoms with Gasteiger partial charge in [-0.1, -0.05) is 164 Å². The van der Waals surface area contributed by atoms with Gasteiger partial charge in [-0.3, -0.25) is 0 Å². The Morgan fingerprint density at radius 3 is 1.72 bits per heavy atom. The maximum atomic E-state index is 6.72. The van der Waals surface area contributed by atoms with Gasteiger partial charge in [0.15, 0.2) is 0 Å². The van der Waals surface area contributed by atoms with Crippen molar-refractivity contribution in [1.82, 2.24) is 9.97 Å². The van der Waals surface area contributed by atoms with Crippen LogP contribution in [0.5, 0.6) is 0 Å². The largest absolute Gasteiger partial charge is 0.460 e. The van der Waals surface area contributed by atoms with Gasteiger partial charge in [0.25, 0.3) is 0 Å². The number of nitrogens with zero attached hydrogens (tertiary/aromatic N) is 2. The number of hydrogen-bond acceptors (Lipinski definition) is 3. The van der Waals surface area contributed by atoms with Gasteiger partial charge in [-0.25, -0.2) is 9.97 Å². The zero-order valence-corrected chi connectivity index (χ0v) is 28.8. The van der Waals surface area contributed by atoms with Crippen LogP contribution < -0.4 is 0 Å². The lowest BCUT2D eigenvalue weighted by molar-refractivity contribution is 0.515. The Morgan fingerprint density at radius 1 is 0.434 bits per heavy atom. The molecule has 0 spiro atoms. The Bertz CT molecular complexity index is 3030. The summed E-state index contributed by atoms with van der Waals surface area (Å²) >= 11 is 0. The Labute approximate surface area is 306 Å². The molecule has 0 fully saturated rings. The van der Waals surface area contributed by atoms with Crippen molar-refractivity contribution in [2.45, 2.75) is 12.3 Å². The van der Waals surface area contributed by atoms with Crippen LogP contribution in [0.4, 0.5) is 0 Å². The van der Waals surface area contributed by atoms with Crippen LogP contribution in [-0.4, -0.2) is 9.97 Å². The topological polar surface area (TPSA) is 38.9 Å². The highest BCUT2D eigenvalue weighted by Crippen LogP contribution is 2.48. The number of benzene rings is 8. The monoisotopic (exact) mass is 676 g/mol. The van der Waals surface area contributed by atoms with Crippen molar-refractivity contribution in [3.8, 4) is 44.8 Å². The van der Waals surface area contributed by atoms with Crippen LogP contribution in [0.1, 0.15) is 22.8 Å².